The van der Waals surface area contributed by atoms with E-state index in [-0.39, 0.29) is 12.7 Å². The van der Waals surface area contributed by atoms with Gasteiger partial charge in [-0.1, -0.05) is 5.16 Å². The van der Waals surface area contributed by atoms with Crippen LogP contribution in [0.4, 0.5) is 0 Å². The Balaban J connectivity index is 1.32. The van der Waals surface area contributed by atoms with Crippen LogP contribution >= 0.6 is 0 Å². The summed E-state index contributed by atoms with van der Waals surface area (Å²) in [6.45, 7) is 1.43. The molecule has 1 aromatic carbocycles. The number of ether oxygens (including phenoxy) is 2. The van der Waals surface area contributed by atoms with Crippen molar-refractivity contribution in [3.8, 4) is 11.5 Å². The van der Waals surface area contributed by atoms with E-state index in [0.29, 0.717) is 36.6 Å². The summed E-state index contributed by atoms with van der Waals surface area (Å²) >= 11 is 0. The highest BCUT2D eigenvalue weighted by Crippen LogP contribution is 2.36. The number of likely N-dealkylation sites (tertiary alicyclic amines) is 1. The first-order valence-electron chi connectivity index (χ1n) is 9.07. The third kappa shape index (κ3) is 2.89. The van der Waals surface area contributed by atoms with Gasteiger partial charge >= 0.3 is 0 Å². The minimum atomic E-state index is -0.449. The van der Waals surface area contributed by atoms with E-state index in [1.807, 2.05) is 17.0 Å². The molecule has 1 fully saturated rings. The van der Waals surface area contributed by atoms with Crippen molar-refractivity contribution in [1.82, 2.24) is 9.88 Å². The van der Waals surface area contributed by atoms with Gasteiger partial charge in [-0.3, -0.25) is 9.78 Å². The molecule has 0 N–H and O–H groups in total. The quantitative estimate of drug-likeness (QED) is 0.818. The first-order chi connectivity index (χ1) is 13.2. The number of aromatic nitrogens is 1. The molecule has 7 heteroatoms. The van der Waals surface area contributed by atoms with E-state index in [1.165, 1.54) is 0 Å². The fraction of sp³-hybridized carbons (Fsp3) is 0.350. The van der Waals surface area contributed by atoms with E-state index >= 15 is 0 Å². The number of carbonyl (C=O) groups is 1. The molecule has 2 aromatic rings. The second-order valence-corrected chi connectivity index (χ2v) is 7.13. The maximum absolute atomic E-state index is 13.0. The van der Waals surface area contributed by atoms with E-state index in [2.05, 4.69) is 10.1 Å². The van der Waals surface area contributed by atoms with Gasteiger partial charge in [-0.25, -0.2) is 0 Å². The number of pyridine rings is 1. The average molecular weight is 365 g/mol. The van der Waals surface area contributed by atoms with Gasteiger partial charge in [0.05, 0.1) is 12.3 Å². The molecule has 5 rings (SSSR count). The Morgan fingerprint density at radius 3 is 3.00 bits per heavy atom. The molecule has 1 aromatic heterocycles. The molecule has 0 bridgehead atoms. The van der Waals surface area contributed by atoms with Crippen LogP contribution in [0.5, 0.6) is 11.5 Å². The van der Waals surface area contributed by atoms with Crippen LogP contribution in [-0.2, 0) is 4.84 Å². The molecular formula is C20H19N3O4. The maximum atomic E-state index is 13.0. The van der Waals surface area contributed by atoms with Crippen molar-refractivity contribution in [1.29, 1.82) is 0 Å². The van der Waals surface area contributed by atoms with Crippen molar-refractivity contribution in [3.05, 3.63) is 53.9 Å². The predicted octanol–water partition coefficient (Wildman–Crippen LogP) is 2.61. The minimum absolute atomic E-state index is 0.0224. The van der Waals surface area contributed by atoms with E-state index in [4.69, 9.17) is 14.3 Å². The van der Waals surface area contributed by atoms with Gasteiger partial charge in [0.2, 0.25) is 6.79 Å². The number of hydrogen-bond donors (Lipinski definition) is 0. The summed E-state index contributed by atoms with van der Waals surface area (Å²) in [6.07, 6.45) is 5.97. The van der Waals surface area contributed by atoms with Gasteiger partial charge in [0.1, 0.15) is 0 Å². The highest BCUT2D eigenvalue weighted by molar-refractivity contribution is 6.01. The van der Waals surface area contributed by atoms with Gasteiger partial charge in [0.25, 0.3) is 5.91 Å². The predicted molar refractivity (Wildman–Crippen MR) is 96.9 cm³/mol. The Labute approximate surface area is 156 Å². The molecule has 0 saturated carbocycles. The zero-order valence-corrected chi connectivity index (χ0v) is 14.8. The van der Waals surface area contributed by atoms with Crippen LogP contribution in [0.3, 0.4) is 0 Å². The van der Waals surface area contributed by atoms with Crippen LogP contribution < -0.4 is 9.47 Å². The standard InChI is InChI=1S/C20H19N3O4/c24-19(14-4-5-17-18(9-14)26-13-25-17)23-8-2-6-20(12-23)10-16(22-27-20)15-3-1-7-21-11-15/h1,3-5,7,9,11H,2,6,8,10,12-13H2. The van der Waals surface area contributed by atoms with Crippen molar-refractivity contribution < 1.29 is 19.1 Å². The molecular weight excluding hydrogens is 346 g/mol. The molecule has 3 aliphatic rings. The summed E-state index contributed by atoms with van der Waals surface area (Å²) in [4.78, 5) is 24.9. The first kappa shape index (κ1) is 16.1. The summed E-state index contributed by atoms with van der Waals surface area (Å²) in [5.41, 5.74) is 2.01. The number of fused-ring (bicyclic) bond motifs is 1. The molecule has 1 unspecified atom stereocenters. The highest BCUT2D eigenvalue weighted by atomic mass is 16.7. The number of piperidine rings is 1. The maximum Gasteiger partial charge on any atom is 0.254 e. The molecule has 0 radical (unpaired) electrons. The molecule has 3 aliphatic heterocycles. The van der Waals surface area contributed by atoms with Gasteiger partial charge in [-0.2, -0.15) is 0 Å². The molecule has 27 heavy (non-hydrogen) atoms. The number of oxime groups is 1. The smallest absolute Gasteiger partial charge is 0.254 e. The Hall–Kier alpha value is -3.09. The van der Waals surface area contributed by atoms with Crippen molar-refractivity contribution in [2.75, 3.05) is 19.9 Å². The van der Waals surface area contributed by atoms with Gasteiger partial charge in [0.15, 0.2) is 17.1 Å². The van der Waals surface area contributed by atoms with Crippen molar-refractivity contribution in [3.63, 3.8) is 0 Å². The molecule has 4 heterocycles. The second kappa shape index (κ2) is 6.26. The third-order valence-corrected chi connectivity index (χ3v) is 5.28. The summed E-state index contributed by atoms with van der Waals surface area (Å²) in [5.74, 6) is 1.27. The lowest BCUT2D eigenvalue weighted by Crippen LogP contribution is -2.50. The fourth-order valence-corrected chi connectivity index (χ4v) is 3.91. The van der Waals surface area contributed by atoms with Gasteiger partial charge in [0, 0.05) is 36.5 Å². The number of rotatable bonds is 2. The van der Waals surface area contributed by atoms with Crippen LogP contribution in [0, 0.1) is 0 Å². The summed E-state index contributed by atoms with van der Waals surface area (Å²) in [6, 6.07) is 9.18. The number of amides is 1. The Kier molecular flexibility index (Phi) is 3.74. The summed E-state index contributed by atoms with van der Waals surface area (Å²) in [5, 5.41) is 4.30. The van der Waals surface area contributed by atoms with E-state index < -0.39 is 5.60 Å². The zero-order valence-electron chi connectivity index (χ0n) is 14.8. The van der Waals surface area contributed by atoms with Crippen LogP contribution in [0.15, 0.2) is 47.9 Å². The molecule has 1 amide bonds. The van der Waals surface area contributed by atoms with Crippen LogP contribution in [0.1, 0.15) is 35.2 Å². The van der Waals surface area contributed by atoms with Gasteiger partial charge in [-0.15, -0.1) is 0 Å². The number of hydrogen-bond acceptors (Lipinski definition) is 6. The Morgan fingerprint density at radius 2 is 2.11 bits per heavy atom. The monoisotopic (exact) mass is 365 g/mol. The van der Waals surface area contributed by atoms with Crippen molar-refractivity contribution in [2.45, 2.75) is 24.9 Å². The topological polar surface area (TPSA) is 73.3 Å². The Morgan fingerprint density at radius 1 is 1.19 bits per heavy atom. The van der Waals surface area contributed by atoms with E-state index in [0.717, 1.165) is 24.1 Å². The number of carbonyl (C=O) groups excluding carboxylic acids is 1. The van der Waals surface area contributed by atoms with Gasteiger partial charge < -0.3 is 19.2 Å². The fourth-order valence-electron chi connectivity index (χ4n) is 3.91. The van der Waals surface area contributed by atoms with Crippen LogP contribution in [0.2, 0.25) is 0 Å². The minimum Gasteiger partial charge on any atom is -0.454 e. The lowest BCUT2D eigenvalue weighted by Gasteiger charge is -2.38. The zero-order chi connectivity index (χ0) is 18.3. The second-order valence-electron chi connectivity index (χ2n) is 7.13. The largest absolute Gasteiger partial charge is 0.454 e. The molecule has 1 atom stereocenters. The number of benzene rings is 1. The molecule has 0 aliphatic carbocycles. The highest BCUT2D eigenvalue weighted by Gasteiger charge is 2.44. The summed E-state index contributed by atoms with van der Waals surface area (Å²) < 4.78 is 10.7. The lowest BCUT2D eigenvalue weighted by molar-refractivity contribution is -0.0618. The average Bonchev–Trinajstić information content (AvgIpc) is 3.35. The van der Waals surface area contributed by atoms with Crippen LogP contribution in [0.25, 0.3) is 0 Å². The van der Waals surface area contributed by atoms with Crippen LogP contribution in [-0.4, -0.2) is 47.0 Å². The lowest BCUT2D eigenvalue weighted by atomic mass is 9.86. The van der Waals surface area contributed by atoms with Crippen molar-refractivity contribution in [2.24, 2.45) is 5.16 Å². The van der Waals surface area contributed by atoms with E-state index in [9.17, 15) is 4.79 Å². The Bertz CT molecular complexity index is 915. The number of nitrogens with zero attached hydrogens (tertiary/aromatic N) is 3. The van der Waals surface area contributed by atoms with Gasteiger partial charge in [-0.05, 0) is 43.2 Å². The third-order valence-electron chi connectivity index (χ3n) is 5.28. The normalized spacial score (nSPS) is 23.3. The van der Waals surface area contributed by atoms with E-state index in [1.54, 1.807) is 30.6 Å². The summed E-state index contributed by atoms with van der Waals surface area (Å²) in [7, 11) is 0. The molecule has 7 nitrogen and oxygen atoms in total. The first-order valence-corrected chi connectivity index (χ1v) is 9.07. The molecule has 1 saturated heterocycles. The molecule has 138 valence electrons. The molecule has 1 spiro atoms. The SMILES string of the molecule is O=C(c1ccc2c(c1)OCO2)N1CCCC2(CC(c3cccnc3)=NO2)C1. The van der Waals surface area contributed by atoms with Crippen molar-refractivity contribution >= 4 is 11.6 Å².